The van der Waals surface area contributed by atoms with Gasteiger partial charge >= 0.3 is 0 Å². The third-order valence-electron chi connectivity index (χ3n) is 5.77. The summed E-state index contributed by atoms with van der Waals surface area (Å²) in [5.41, 5.74) is 0. The van der Waals surface area contributed by atoms with Crippen molar-refractivity contribution in [3.05, 3.63) is 24.3 Å². The van der Waals surface area contributed by atoms with Crippen LogP contribution in [0.2, 0.25) is 0 Å². The van der Waals surface area contributed by atoms with E-state index in [0.29, 0.717) is 0 Å². The quantitative estimate of drug-likeness (QED) is 0.120. The second kappa shape index (κ2) is 26.5. The van der Waals surface area contributed by atoms with E-state index < -0.39 is 0 Å². The first-order valence-corrected chi connectivity index (χ1v) is 13.2. The molecule has 0 N–H and O–H groups in total. The summed E-state index contributed by atoms with van der Waals surface area (Å²) < 4.78 is 0. The smallest absolute Gasteiger partial charge is 0.0351 e. The highest BCUT2D eigenvalue weighted by molar-refractivity contribution is 4.82. The molecule has 0 saturated carbocycles. The predicted molar refractivity (Wildman–Crippen MR) is 131 cm³/mol. The van der Waals surface area contributed by atoms with Gasteiger partial charge in [0, 0.05) is 0 Å². The summed E-state index contributed by atoms with van der Waals surface area (Å²) >= 11 is 0. The standard InChI is InChI=1S/C28H54/c1-3-5-7-9-11-13-15-17-19-21-23-25-27-28-26-24-22-20-18-16-14-12-10-8-6-4-2/h17,19-20,22H,3-16,18,21,23-28H2,1-2H3. The van der Waals surface area contributed by atoms with Crippen LogP contribution in [0, 0.1) is 0 Å². The van der Waals surface area contributed by atoms with Crippen LogP contribution in [0.15, 0.2) is 24.3 Å². The summed E-state index contributed by atoms with van der Waals surface area (Å²) in [6.07, 6.45) is 40.4. The third kappa shape index (κ3) is 25.5. The van der Waals surface area contributed by atoms with Crippen LogP contribution in [0.25, 0.3) is 0 Å². The van der Waals surface area contributed by atoms with E-state index in [1.807, 2.05) is 0 Å². The average molecular weight is 391 g/mol. The van der Waals surface area contributed by atoms with Gasteiger partial charge in [0.15, 0.2) is 0 Å². The Morgan fingerprint density at radius 3 is 0.750 bits per heavy atom. The van der Waals surface area contributed by atoms with Crippen molar-refractivity contribution >= 4 is 0 Å². The highest BCUT2D eigenvalue weighted by Crippen LogP contribution is 2.11. The lowest BCUT2D eigenvalue weighted by atomic mass is 10.1. The van der Waals surface area contributed by atoms with Crippen molar-refractivity contribution in [1.29, 1.82) is 0 Å². The molecule has 0 radical (unpaired) electrons. The average Bonchev–Trinajstić information content (AvgIpc) is 2.71. The summed E-state index contributed by atoms with van der Waals surface area (Å²) in [5, 5.41) is 0. The maximum atomic E-state index is 2.43. The highest BCUT2D eigenvalue weighted by atomic mass is 14.0. The molecule has 0 aliphatic carbocycles. The van der Waals surface area contributed by atoms with Gasteiger partial charge in [0.1, 0.15) is 0 Å². The van der Waals surface area contributed by atoms with Crippen molar-refractivity contribution in [3.63, 3.8) is 0 Å². The van der Waals surface area contributed by atoms with E-state index in [1.54, 1.807) is 0 Å². The number of allylic oxidation sites excluding steroid dienone is 4. The van der Waals surface area contributed by atoms with Crippen LogP contribution >= 0.6 is 0 Å². The first kappa shape index (κ1) is 27.5. The molecule has 0 nitrogen and oxygen atoms in total. The van der Waals surface area contributed by atoms with Crippen LogP contribution in [0.1, 0.15) is 155 Å². The largest absolute Gasteiger partial charge is 0.0885 e. The van der Waals surface area contributed by atoms with Crippen LogP contribution in [0.4, 0.5) is 0 Å². The summed E-state index contributed by atoms with van der Waals surface area (Å²) in [5.74, 6) is 0. The summed E-state index contributed by atoms with van der Waals surface area (Å²) in [4.78, 5) is 0. The first-order chi connectivity index (χ1) is 13.9. The maximum Gasteiger partial charge on any atom is -0.0351 e. The zero-order valence-corrected chi connectivity index (χ0v) is 19.9. The molecular formula is C28H54. The molecule has 0 rings (SSSR count). The second-order valence-corrected chi connectivity index (χ2v) is 8.75. The van der Waals surface area contributed by atoms with E-state index >= 15 is 0 Å². The zero-order chi connectivity index (χ0) is 20.4. The molecule has 0 heterocycles. The topological polar surface area (TPSA) is 0 Å². The SMILES string of the molecule is CCCCCCCCC=CCCCCCCCC=CCCCCCCCCC. The monoisotopic (exact) mass is 390 g/mol. The molecule has 0 aromatic heterocycles. The molecule has 166 valence electrons. The van der Waals surface area contributed by atoms with E-state index in [9.17, 15) is 0 Å². The van der Waals surface area contributed by atoms with Crippen LogP contribution in [0.5, 0.6) is 0 Å². The molecule has 0 bridgehead atoms. The minimum atomic E-state index is 1.30. The molecule has 0 aromatic carbocycles. The molecule has 0 aliphatic rings. The Morgan fingerprint density at radius 1 is 0.286 bits per heavy atom. The fourth-order valence-corrected chi connectivity index (χ4v) is 3.79. The van der Waals surface area contributed by atoms with Crippen LogP contribution < -0.4 is 0 Å². The molecule has 0 unspecified atom stereocenters. The van der Waals surface area contributed by atoms with E-state index in [2.05, 4.69) is 38.2 Å². The fraction of sp³-hybridized carbons (Fsp3) is 0.857. The van der Waals surface area contributed by atoms with Gasteiger partial charge < -0.3 is 0 Å². The maximum absolute atomic E-state index is 2.43. The second-order valence-electron chi connectivity index (χ2n) is 8.75. The third-order valence-corrected chi connectivity index (χ3v) is 5.77. The molecule has 28 heavy (non-hydrogen) atoms. The zero-order valence-electron chi connectivity index (χ0n) is 19.9. The van der Waals surface area contributed by atoms with Crippen LogP contribution in [-0.2, 0) is 0 Å². The molecule has 0 saturated heterocycles. The summed E-state index contributed by atoms with van der Waals surface area (Å²) in [6.45, 7) is 4.58. The minimum Gasteiger partial charge on any atom is -0.0885 e. The van der Waals surface area contributed by atoms with Gasteiger partial charge in [0.25, 0.3) is 0 Å². The Labute approximate surface area is 179 Å². The Morgan fingerprint density at radius 2 is 0.500 bits per heavy atom. The molecule has 0 atom stereocenters. The van der Waals surface area contributed by atoms with Crippen molar-refractivity contribution in [1.82, 2.24) is 0 Å². The molecule has 0 aromatic rings. The van der Waals surface area contributed by atoms with Gasteiger partial charge in [-0.05, 0) is 51.4 Å². The van der Waals surface area contributed by atoms with Crippen molar-refractivity contribution in [3.8, 4) is 0 Å². The molecule has 0 amide bonds. The van der Waals surface area contributed by atoms with E-state index in [0.717, 1.165) is 0 Å². The lowest BCUT2D eigenvalue weighted by molar-refractivity contribution is 0.591. The molecule has 0 spiro atoms. The fourth-order valence-electron chi connectivity index (χ4n) is 3.79. The van der Waals surface area contributed by atoms with Crippen molar-refractivity contribution in [2.24, 2.45) is 0 Å². The lowest BCUT2D eigenvalue weighted by Gasteiger charge is -2.00. The first-order valence-electron chi connectivity index (χ1n) is 13.2. The van der Waals surface area contributed by atoms with Crippen molar-refractivity contribution in [2.45, 2.75) is 155 Å². The molecule has 0 fully saturated rings. The van der Waals surface area contributed by atoms with Crippen molar-refractivity contribution < 1.29 is 0 Å². The van der Waals surface area contributed by atoms with Gasteiger partial charge in [-0.3, -0.25) is 0 Å². The normalized spacial score (nSPS) is 11.9. The van der Waals surface area contributed by atoms with Gasteiger partial charge in [0.2, 0.25) is 0 Å². The van der Waals surface area contributed by atoms with E-state index in [-0.39, 0.29) is 0 Å². The Balaban J connectivity index is 3.12. The van der Waals surface area contributed by atoms with Gasteiger partial charge in [0.05, 0.1) is 0 Å². The molecule has 0 heteroatoms. The molecule has 0 aliphatic heterocycles. The number of rotatable bonds is 23. The van der Waals surface area contributed by atoms with E-state index in [4.69, 9.17) is 0 Å². The summed E-state index contributed by atoms with van der Waals surface area (Å²) in [6, 6.07) is 0. The number of hydrogen-bond acceptors (Lipinski definition) is 0. The van der Waals surface area contributed by atoms with Gasteiger partial charge in [-0.15, -0.1) is 0 Å². The highest BCUT2D eigenvalue weighted by Gasteiger charge is 1.91. The Hall–Kier alpha value is -0.520. The Bertz CT molecular complexity index is 312. The predicted octanol–water partition coefficient (Wildman–Crippen LogP) is 10.7. The minimum absolute atomic E-state index is 1.30. The van der Waals surface area contributed by atoms with Gasteiger partial charge in [-0.1, -0.05) is 128 Å². The van der Waals surface area contributed by atoms with Crippen molar-refractivity contribution in [2.75, 3.05) is 0 Å². The molecular weight excluding hydrogens is 336 g/mol. The summed E-state index contributed by atoms with van der Waals surface area (Å²) in [7, 11) is 0. The van der Waals surface area contributed by atoms with Crippen LogP contribution in [0.3, 0.4) is 0 Å². The number of hydrogen-bond donors (Lipinski definition) is 0. The van der Waals surface area contributed by atoms with Gasteiger partial charge in [-0.25, -0.2) is 0 Å². The van der Waals surface area contributed by atoms with Gasteiger partial charge in [-0.2, -0.15) is 0 Å². The Kier molecular flexibility index (Phi) is 26.0. The van der Waals surface area contributed by atoms with Crippen LogP contribution in [-0.4, -0.2) is 0 Å². The van der Waals surface area contributed by atoms with E-state index in [1.165, 1.54) is 141 Å². The lowest BCUT2D eigenvalue weighted by Crippen LogP contribution is -1.80. The number of unbranched alkanes of at least 4 members (excludes halogenated alkanes) is 19.